The van der Waals surface area contributed by atoms with Crippen molar-refractivity contribution in [2.24, 2.45) is 0 Å². The van der Waals surface area contributed by atoms with E-state index in [1.165, 1.54) is 16.7 Å². The largest absolute Gasteiger partial charge is 0.477 e. The molecule has 0 radical (unpaired) electrons. The van der Waals surface area contributed by atoms with Crippen molar-refractivity contribution in [3.05, 3.63) is 28.2 Å². The number of hydrogen-bond acceptors (Lipinski definition) is 5. The number of carboxylic acids is 1. The summed E-state index contributed by atoms with van der Waals surface area (Å²) in [6, 6.07) is 0. The molecule has 21 heavy (non-hydrogen) atoms. The average molecular weight is 323 g/mol. The van der Waals surface area contributed by atoms with Gasteiger partial charge in [0, 0.05) is 30.6 Å². The van der Waals surface area contributed by atoms with E-state index in [1.54, 1.807) is 18.0 Å². The van der Waals surface area contributed by atoms with Crippen molar-refractivity contribution in [2.45, 2.75) is 36.4 Å². The zero-order valence-corrected chi connectivity index (χ0v) is 12.7. The number of carbonyl (C=O) groups is 2. The monoisotopic (exact) mass is 323 g/mol. The molecule has 1 fully saturated rings. The summed E-state index contributed by atoms with van der Waals surface area (Å²) in [6.07, 6.45) is 6.06. The number of aromatic nitrogens is 2. The Labute approximate surface area is 129 Å². The maximum absolute atomic E-state index is 11.6. The molecule has 6 nitrogen and oxygen atoms in total. The number of aryl methyl sites for hydroxylation is 1. The van der Waals surface area contributed by atoms with Gasteiger partial charge in [0.05, 0.1) is 16.0 Å². The van der Waals surface area contributed by atoms with E-state index in [9.17, 15) is 14.7 Å². The van der Waals surface area contributed by atoms with Gasteiger partial charge in [-0.3, -0.25) is 9.69 Å². The summed E-state index contributed by atoms with van der Waals surface area (Å²) in [5.41, 5.74) is 0.181. The van der Waals surface area contributed by atoms with Crippen molar-refractivity contribution in [3.8, 4) is 0 Å². The molecule has 1 saturated heterocycles. The number of hydrogen-bond donors (Lipinski definition) is 1. The second-order valence-electron chi connectivity index (χ2n) is 5.25. The third-order valence-corrected chi connectivity index (χ3v) is 6.74. The summed E-state index contributed by atoms with van der Waals surface area (Å²) in [5, 5.41) is 9.70. The molecule has 0 saturated carbocycles. The van der Waals surface area contributed by atoms with Gasteiger partial charge in [0.25, 0.3) is 0 Å². The number of thioether (sulfide) groups is 2. The smallest absolute Gasteiger partial charge is 0.354 e. The molecule has 8 heteroatoms. The van der Waals surface area contributed by atoms with E-state index in [4.69, 9.17) is 0 Å². The number of β-lactam (4-membered cyclic amide) rings is 1. The molecule has 1 unspecified atom stereocenters. The van der Waals surface area contributed by atoms with Crippen LogP contribution in [0, 0.1) is 0 Å². The molecule has 0 spiro atoms. The minimum Gasteiger partial charge on any atom is -0.477 e. The summed E-state index contributed by atoms with van der Waals surface area (Å²) in [5.74, 6) is -0.0314. The Balaban J connectivity index is 1.55. The molecule has 0 aliphatic carbocycles. The van der Waals surface area contributed by atoms with Gasteiger partial charge in [-0.15, -0.1) is 11.8 Å². The topological polar surface area (TPSA) is 75.4 Å². The van der Waals surface area contributed by atoms with Gasteiger partial charge in [-0.1, -0.05) is 11.8 Å². The number of imidazole rings is 1. The molecule has 1 N–H and O–H groups in total. The molecule has 1 amide bonds. The van der Waals surface area contributed by atoms with Crippen LogP contribution in [0.3, 0.4) is 0 Å². The summed E-state index contributed by atoms with van der Waals surface area (Å²) >= 11 is 3.11. The first-order valence-electron chi connectivity index (χ1n) is 6.76. The third-order valence-electron chi connectivity index (χ3n) is 3.96. The van der Waals surface area contributed by atoms with Crippen molar-refractivity contribution in [1.29, 1.82) is 0 Å². The predicted molar refractivity (Wildman–Crippen MR) is 79.4 cm³/mol. The van der Waals surface area contributed by atoms with Gasteiger partial charge in [-0.05, 0) is 6.42 Å². The lowest BCUT2D eigenvalue weighted by Gasteiger charge is -2.33. The van der Waals surface area contributed by atoms with Crippen molar-refractivity contribution in [3.63, 3.8) is 0 Å². The van der Waals surface area contributed by atoms with Gasteiger partial charge in [0.15, 0.2) is 5.70 Å². The molecule has 110 valence electrons. The average Bonchev–Trinajstić information content (AvgIpc) is 3.00. The third kappa shape index (κ3) is 2.08. The molecule has 0 bridgehead atoms. The van der Waals surface area contributed by atoms with Gasteiger partial charge >= 0.3 is 5.97 Å². The molecular weight excluding hydrogens is 310 g/mol. The Hall–Kier alpha value is -1.41. The highest BCUT2D eigenvalue weighted by molar-refractivity contribution is 8.23. The Morgan fingerprint density at radius 2 is 2.33 bits per heavy atom. The van der Waals surface area contributed by atoms with Crippen LogP contribution in [-0.2, 0) is 22.6 Å². The van der Waals surface area contributed by atoms with E-state index >= 15 is 0 Å². The maximum atomic E-state index is 11.6. The van der Waals surface area contributed by atoms with Crippen LogP contribution in [-0.4, -0.2) is 42.1 Å². The lowest BCUT2D eigenvalue weighted by Crippen LogP contribution is -2.48. The molecule has 1 aromatic heterocycles. The number of fused-ring (bicyclic) bond motifs is 2. The minimum absolute atomic E-state index is 0.00308. The van der Waals surface area contributed by atoms with Crippen molar-refractivity contribution >= 4 is 35.4 Å². The van der Waals surface area contributed by atoms with Crippen molar-refractivity contribution < 1.29 is 14.7 Å². The van der Waals surface area contributed by atoms with E-state index in [-0.39, 0.29) is 17.0 Å². The number of carboxylic acid groups (broad SMARTS) is 1. The van der Waals surface area contributed by atoms with Gasteiger partial charge in [0.1, 0.15) is 5.82 Å². The number of carbonyl (C=O) groups excluding carboxylic acids is 1. The molecule has 0 aromatic carbocycles. The molecule has 2 atom stereocenters. The number of amides is 1. The molecule has 1 aromatic rings. The van der Waals surface area contributed by atoms with Gasteiger partial charge < -0.3 is 9.67 Å². The van der Waals surface area contributed by atoms with E-state index in [1.807, 2.05) is 6.20 Å². The maximum Gasteiger partial charge on any atom is 0.354 e. The van der Waals surface area contributed by atoms with E-state index < -0.39 is 5.97 Å². The number of nitrogens with zero attached hydrogens (tertiary/aromatic N) is 3. The Morgan fingerprint density at radius 1 is 1.48 bits per heavy atom. The predicted octanol–water partition coefficient (Wildman–Crippen LogP) is 1.49. The Morgan fingerprint density at radius 3 is 3.10 bits per heavy atom. The van der Waals surface area contributed by atoms with Crippen molar-refractivity contribution in [1.82, 2.24) is 14.5 Å². The first-order chi connectivity index (χ1) is 10.1. The molecule has 4 heterocycles. The fraction of sp³-hybridized carbons (Fsp3) is 0.462. The minimum atomic E-state index is -1.00. The van der Waals surface area contributed by atoms with Crippen LogP contribution in [0.2, 0.25) is 0 Å². The quantitative estimate of drug-likeness (QED) is 0.850. The van der Waals surface area contributed by atoms with Crippen LogP contribution in [0.25, 0.3) is 0 Å². The molecule has 3 aliphatic heterocycles. The van der Waals surface area contributed by atoms with E-state index in [2.05, 4.69) is 9.55 Å². The molecule has 4 rings (SSSR count). The summed E-state index contributed by atoms with van der Waals surface area (Å²) in [6.45, 7) is 0.916. The zero-order valence-electron chi connectivity index (χ0n) is 11.1. The first kappa shape index (κ1) is 13.3. The van der Waals surface area contributed by atoms with E-state index in [0.717, 1.165) is 29.4 Å². The van der Waals surface area contributed by atoms with Crippen LogP contribution in [0.5, 0.6) is 0 Å². The molecular formula is C13H13N3O3S2. The normalized spacial score (nSPS) is 27.4. The highest BCUT2D eigenvalue weighted by Crippen LogP contribution is 2.52. The Kier molecular flexibility index (Phi) is 3.04. The second-order valence-corrected chi connectivity index (χ2v) is 8.01. The van der Waals surface area contributed by atoms with Crippen LogP contribution in [0.1, 0.15) is 18.7 Å². The van der Waals surface area contributed by atoms with Gasteiger partial charge in [0.2, 0.25) is 5.91 Å². The lowest BCUT2D eigenvalue weighted by atomic mass is 10.1. The lowest BCUT2D eigenvalue weighted by molar-refractivity contribution is -0.145. The van der Waals surface area contributed by atoms with Gasteiger partial charge in [-0.2, -0.15) is 0 Å². The van der Waals surface area contributed by atoms with Crippen LogP contribution < -0.4 is 0 Å². The fourth-order valence-corrected chi connectivity index (χ4v) is 5.99. The standard InChI is InChI=1S/C13H13N3O3S2/c17-9-6-10-16(9)11(12(18)19)13(21-10)20-7-1-3-15-4-2-14-8(15)5-7/h2,4,7,10H,1,3,5-6H2,(H,18,19)/t7?,10-/m1/s1. The number of rotatable bonds is 3. The Bertz CT molecular complexity index is 669. The number of aliphatic carboxylic acids is 1. The highest BCUT2D eigenvalue weighted by Gasteiger charge is 2.49. The van der Waals surface area contributed by atoms with Gasteiger partial charge in [-0.25, -0.2) is 9.78 Å². The van der Waals surface area contributed by atoms with Crippen LogP contribution >= 0.6 is 23.5 Å². The fourth-order valence-electron chi connectivity index (χ4n) is 2.88. The zero-order chi connectivity index (χ0) is 14.6. The molecule has 3 aliphatic rings. The SMILES string of the molecule is O=C(O)C1=C(SC2CCn3ccnc3C2)S[C@@H]2CC(=O)N12. The second kappa shape index (κ2) is 4.81. The van der Waals surface area contributed by atoms with Crippen molar-refractivity contribution in [2.75, 3.05) is 0 Å². The first-order valence-corrected chi connectivity index (χ1v) is 8.52. The summed E-state index contributed by atoms with van der Waals surface area (Å²) < 4.78 is 2.92. The van der Waals surface area contributed by atoms with Crippen LogP contribution in [0.15, 0.2) is 22.3 Å². The highest BCUT2D eigenvalue weighted by atomic mass is 32.2. The van der Waals surface area contributed by atoms with E-state index in [0.29, 0.717) is 11.7 Å². The summed E-state index contributed by atoms with van der Waals surface area (Å²) in [4.78, 5) is 28.8. The summed E-state index contributed by atoms with van der Waals surface area (Å²) in [7, 11) is 0. The van der Waals surface area contributed by atoms with Crippen LogP contribution in [0.4, 0.5) is 0 Å².